The highest BCUT2D eigenvalue weighted by molar-refractivity contribution is 6.00. The van der Waals surface area contributed by atoms with Crippen LogP contribution < -0.4 is 0 Å². The summed E-state index contributed by atoms with van der Waals surface area (Å²) in [6.45, 7) is 0.829. The number of carboxylic acids is 1. The van der Waals surface area contributed by atoms with Gasteiger partial charge < -0.3 is 14.5 Å². The van der Waals surface area contributed by atoms with Gasteiger partial charge in [0, 0.05) is 24.4 Å². The van der Waals surface area contributed by atoms with E-state index >= 15 is 0 Å². The lowest BCUT2D eigenvalue weighted by Gasteiger charge is -2.07. The molecule has 0 radical (unpaired) electrons. The van der Waals surface area contributed by atoms with Gasteiger partial charge in [0.1, 0.15) is 12.3 Å². The van der Waals surface area contributed by atoms with Gasteiger partial charge in [-0.25, -0.2) is 4.98 Å². The van der Waals surface area contributed by atoms with Gasteiger partial charge in [0.2, 0.25) is 0 Å². The Morgan fingerprint density at radius 1 is 1.33 bits per heavy atom. The third kappa shape index (κ3) is 5.10. The molecule has 0 saturated carbocycles. The second kappa shape index (κ2) is 7.84. The molecule has 0 saturated heterocycles. The summed E-state index contributed by atoms with van der Waals surface area (Å²) in [5, 5.41) is 12.7. The Balaban J connectivity index is 2.00. The number of hydrogen-bond acceptors (Lipinski definition) is 4. The number of carbonyl (C=O) groups is 1. The van der Waals surface area contributed by atoms with E-state index in [2.05, 4.69) is 10.1 Å². The fourth-order valence-corrected chi connectivity index (χ4v) is 1.77. The molecule has 0 amide bonds. The van der Waals surface area contributed by atoms with Crippen LogP contribution in [-0.4, -0.2) is 32.9 Å². The van der Waals surface area contributed by atoms with E-state index in [0.29, 0.717) is 13.0 Å². The predicted molar refractivity (Wildman–Crippen MR) is 78.0 cm³/mol. The van der Waals surface area contributed by atoms with E-state index in [1.807, 2.05) is 41.1 Å². The molecule has 6 heteroatoms. The summed E-state index contributed by atoms with van der Waals surface area (Å²) in [7, 11) is 0. The van der Waals surface area contributed by atoms with Gasteiger partial charge in [0.25, 0.3) is 0 Å². The first kappa shape index (κ1) is 14.8. The third-order valence-corrected chi connectivity index (χ3v) is 2.80. The Bertz CT molecular complexity index is 579. The van der Waals surface area contributed by atoms with Crippen LogP contribution in [0.25, 0.3) is 0 Å². The second-order valence-corrected chi connectivity index (χ2v) is 4.47. The van der Waals surface area contributed by atoms with E-state index in [-0.39, 0.29) is 13.0 Å². The number of carboxylic acid groups (broad SMARTS) is 1. The monoisotopic (exact) mass is 287 g/mol. The highest BCUT2D eigenvalue weighted by Crippen LogP contribution is 2.05. The first-order valence-corrected chi connectivity index (χ1v) is 6.67. The van der Waals surface area contributed by atoms with Crippen molar-refractivity contribution in [3.05, 3.63) is 54.6 Å². The maximum atomic E-state index is 10.4. The van der Waals surface area contributed by atoms with Crippen LogP contribution in [0.15, 0.2) is 54.2 Å². The van der Waals surface area contributed by atoms with Gasteiger partial charge in [0.15, 0.2) is 0 Å². The molecule has 1 aromatic heterocycles. The second-order valence-electron chi connectivity index (χ2n) is 4.47. The Morgan fingerprint density at radius 3 is 2.81 bits per heavy atom. The number of imidazole rings is 1. The minimum atomic E-state index is -0.829. The summed E-state index contributed by atoms with van der Waals surface area (Å²) < 4.78 is 1.90. The van der Waals surface area contributed by atoms with Crippen LogP contribution in [0.4, 0.5) is 0 Å². The lowest BCUT2D eigenvalue weighted by Crippen LogP contribution is -2.11. The van der Waals surface area contributed by atoms with E-state index < -0.39 is 5.97 Å². The van der Waals surface area contributed by atoms with Crippen molar-refractivity contribution in [2.45, 2.75) is 19.4 Å². The molecule has 0 bridgehead atoms. The minimum Gasteiger partial charge on any atom is -0.481 e. The lowest BCUT2D eigenvalue weighted by atomic mass is 10.1. The maximum Gasteiger partial charge on any atom is 0.303 e. The molecule has 2 aromatic rings. The molecule has 6 nitrogen and oxygen atoms in total. The molecule has 110 valence electrons. The molecule has 0 aliphatic carbocycles. The molecule has 1 N–H and O–H groups in total. The normalized spacial score (nSPS) is 11.3. The molecule has 21 heavy (non-hydrogen) atoms. The van der Waals surface area contributed by atoms with Gasteiger partial charge in [-0.1, -0.05) is 35.5 Å². The molecule has 1 heterocycles. The first-order valence-electron chi connectivity index (χ1n) is 6.67. The molecular weight excluding hydrogens is 270 g/mol. The fraction of sp³-hybridized carbons (Fsp3) is 0.267. The van der Waals surface area contributed by atoms with E-state index in [0.717, 1.165) is 11.3 Å². The predicted octanol–water partition coefficient (Wildman–Crippen LogP) is 2.17. The van der Waals surface area contributed by atoms with Crippen LogP contribution >= 0.6 is 0 Å². The largest absolute Gasteiger partial charge is 0.481 e. The number of aliphatic carboxylic acids is 1. The zero-order chi connectivity index (χ0) is 14.9. The van der Waals surface area contributed by atoms with Crippen molar-refractivity contribution in [3.63, 3.8) is 0 Å². The number of aromatic nitrogens is 2. The van der Waals surface area contributed by atoms with E-state index in [1.165, 1.54) is 0 Å². The van der Waals surface area contributed by atoms with Gasteiger partial charge in [-0.3, -0.25) is 4.79 Å². The van der Waals surface area contributed by atoms with Gasteiger partial charge in [0.05, 0.1) is 12.9 Å². The van der Waals surface area contributed by atoms with Crippen molar-refractivity contribution in [2.75, 3.05) is 6.61 Å². The summed E-state index contributed by atoms with van der Waals surface area (Å²) in [5.41, 5.74) is 1.73. The molecule has 1 aromatic carbocycles. The summed E-state index contributed by atoms with van der Waals surface area (Å²) in [6, 6.07) is 9.71. The molecular formula is C15H17N3O3. The number of nitrogens with zero attached hydrogens (tertiary/aromatic N) is 3. The average molecular weight is 287 g/mol. The molecule has 0 fully saturated rings. The van der Waals surface area contributed by atoms with E-state index in [4.69, 9.17) is 9.94 Å². The highest BCUT2D eigenvalue weighted by Gasteiger charge is 2.05. The number of oxime groups is 1. The first-order chi connectivity index (χ1) is 10.3. The fourth-order valence-electron chi connectivity index (χ4n) is 1.77. The minimum absolute atomic E-state index is 0.0811. The lowest BCUT2D eigenvalue weighted by molar-refractivity contribution is -0.137. The van der Waals surface area contributed by atoms with Crippen LogP contribution in [-0.2, 0) is 16.2 Å². The molecule has 2 rings (SSSR count). The summed E-state index contributed by atoms with van der Waals surface area (Å²) in [5.74, 6) is -0.829. The Labute approximate surface area is 122 Å². The number of rotatable bonds is 8. The molecule has 0 aliphatic rings. The topological polar surface area (TPSA) is 76.7 Å². The zero-order valence-corrected chi connectivity index (χ0v) is 11.6. The third-order valence-electron chi connectivity index (χ3n) is 2.80. The summed E-state index contributed by atoms with van der Waals surface area (Å²) in [4.78, 5) is 19.7. The van der Waals surface area contributed by atoms with Crippen molar-refractivity contribution < 1.29 is 14.7 Å². The van der Waals surface area contributed by atoms with Crippen LogP contribution in [0.5, 0.6) is 0 Å². The molecule has 0 unspecified atom stereocenters. The Morgan fingerprint density at radius 2 is 2.14 bits per heavy atom. The van der Waals surface area contributed by atoms with Crippen molar-refractivity contribution >= 4 is 11.7 Å². The van der Waals surface area contributed by atoms with Crippen molar-refractivity contribution in [3.8, 4) is 0 Å². The molecule has 0 atom stereocenters. The highest BCUT2D eigenvalue weighted by atomic mass is 16.6. The van der Waals surface area contributed by atoms with E-state index in [1.54, 1.807) is 12.5 Å². The number of hydrogen-bond donors (Lipinski definition) is 1. The van der Waals surface area contributed by atoms with Crippen molar-refractivity contribution in [2.24, 2.45) is 5.16 Å². The van der Waals surface area contributed by atoms with Gasteiger partial charge >= 0.3 is 5.97 Å². The van der Waals surface area contributed by atoms with Gasteiger partial charge in [-0.15, -0.1) is 0 Å². The number of benzene rings is 1. The summed E-state index contributed by atoms with van der Waals surface area (Å²) in [6.07, 6.45) is 5.78. The average Bonchev–Trinajstić information content (AvgIpc) is 2.99. The van der Waals surface area contributed by atoms with Gasteiger partial charge in [-0.2, -0.15) is 0 Å². The van der Waals surface area contributed by atoms with Crippen LogP contribution in [0.2, 0.25) is 0 Å². The van der Waals surface area contributed by atoms with Crippen molar-refractivity contribution in [1.29, 1.82) is 0 Å². The Kier molecular flexibility index (Phi) is 5.51. The molecule has 0 spiro atoms. The van der Waals surface area contributed by atoms with E-state index in [9.17, 15) is 4.79 Å². The SMILES string of the molecule is O=C(O)CCCO/N=C(\Cn1ccnc1)c1ccccc1. The van der Waals surface area contributed by atoms with Crippen LogP contribution in [0.1, 0.15) is 18.4 Å². The standard InChI is InChI=1S/C15H17N3O3/c19-15(20)7-4-10-21-17-14(11-18-9-8-16-12-18)13-5-2-1-3-6-13/h1-3,5-6,8-9,12H,4,7,10-11H2,(H,19,20)/b17-14+. The summed E-state index contributed by atoms with van der Waals surface area (Å²) >= 11 is 0. The zero-order valence-electron chi connectivity index (χ0n) is 11.6. The smallest absolute Gasteiger partial charge is 0.303 e. The molecule has 0 aliphatic heterocycles. The van der Waals surface area contributed by atoms with Gasteiger partial charge in [-0.05, 0) is 6.42 Å². The van der Waals surface area contributed by atoms with Crippen LogP contribution in [0.3, 0.4) is 0 Å². The Hall–Kier alpha value is -2.63. The van der Waals surface area contributed by atoms with Crippen LogP contribution in [0, 0.1) is 0 Å². The quantitative estimate of drug-likeness (QED) is 0.458. The van der Waals surface area contributed by atoms with Crippen molar-refractivity contribution in [1.82, 2.24) is 9.55 Å². The maximum absolute atomic E-state index is 10.4.